The second-order valence-corrected chi connectivity index (χ2v) is 3.10. The van der Waals surface area contributed by atoms with Crippen LogP contribution in [0.5, 0.6) is 0 Å². The highest BCUT2D eigenvalue weighted by Gasteiger charge is 2.05. The minimum Gasteiger partial charge on any atom is -0.339 e. The molecule has 0 amide bonds. The first-order chi connectivity index (χ1) is 7.38. The molecule has 1 heterocycles. The zero-order valence-electron chi connectivity index (χ0n) is 8.05. The van der Waals surface area contributed by atoms with Crippen molar-refractivity contribution in [2.75, 3.05) is 0 Å². The van der Waals surface area contributed by atoms with Crippen LogP contribution in [0.25, 0.3) is 0 Å². The third-order valence-electron chi connectivity index (χ3n) is 1.95. The minimum atomic E-state index is 0.193. The molecule has 4 heteroatoms. The van der Waals surface area contributed by atoms with Crippen LogP contribution in [0.3, 0.4) is 0 Å². The average Bonchev–Trinajstić information content (AvgIpc) is 2.68. The van der Waals surface area contributed by atoms with Gasteiger partial charge in [-0.25, -0.2) is 0 Å². The molecule has 15 heavy (non-hydrogen) atoms. The summed E-state index contributed by atoms with van der Waals surface area (Å²) in [5.41, 5.74) is 1.12. The smallest absolute Gasteiger partial charge is 0.231 e. The van der Waals surface area contributed by atoms with Crippen LogP contribution in [0.1, 0.15) is 17.3 Å². The van der Waals surface area contributed by atoms with Crippen molar-refractivity contribution < 1.29 is 4.52 Å². The van der Waals surface area contributed by atoms with Crippen LogP contribution in [-0.4, -0.2) is 10.1 Å². The van der Waals surface area contributed by atoms with Crippen molar-refractivity contribution in [3.63, 3.8) is 0 Å². The Morgan fingerprint density at radius 2 is 2.07 bits per heavy atom. The van der Waals surface area contributed by atoms with Gasteiger partial charge in [0.1, 0.15) is 0 Å². The van der Waals surface area contributed by atoms with Crippen molar-refractivity contribution in [3.8, 4) is 6.07 Å². The number of benzene rings is 1. The molecule has 0 radical (unpaired) electrons. The number of hydrogen-bond donors (Lipinski definition) is 0. The summed E-state index contributed by atoms with van der Waals surface area (Å²) in [6.07, 6.45) is 0.803. The summed E-state index contributed by atoms with van der Waals surface area (Å²) in [5, 5.41) is 12.1. The van der Waals surface area contributed by atoms with Crippen LogP contribution in [0.4, 0.5) is 0 Å². The Bertz CT molecular complexity index is 470. The summed E-state index contributed by atoms with van der Waals surface area (Å²) in [6, 6.07) is 11.8. The van der Waals surface area contributed by atoms with Gasteiger partial charge in [-0.15, -0.1) is 0 Å². The lowest BCUT2D eigenvalue weighted by molar-refractivity contribution is 0.380. The van der Waals surface area contributed by atoms with E-state index in [1.54, 1.807) is 0 Å². The monoisotopic (exact) mass is 199 g/mol. The van der Waals surface area contributed by atoms with E-state index in [0.29, 0.717) is 18.1 Å². The maximum Gasteiger partial charge on any atom is 0.231 e. The number of aromatic nitrogens is 2. The SMILES string of the molecule is N#CCc1noc(Cc2ccccc2)n1. The maximum absolute atomic E-state index is 8.45. The fourth-order valence-corrected chi connectivity index (χ4v) is 1.27. The summed E-state index contributed by atoms with van der Waals surface area (Å²) in [5.74, 6) is 0.995. The van der Waals surface area contributed by atoms with Gasteiger partial charge < -0.3 is 4.52 Å². The first kappa shape index (κ1) is 9.41. The molecule has 1 aromatic heterocycles. The largest absolute Gasteiger partial charge is 0.339 e. The highest BCUT2D eigenvalue weighted by molar-refractivity contribution is 5.18. The van der Waals surface area contributed by atoms with E-state index in [2.05, 4.69) is 10.1 Å². The molecule has 0 saturated carbocycles. The topological polar surface area (TPSA) is 62.7 Å². The Hall–Kier alpha value is -2.15. The lowest BCUT2D eigenvalue weighted by Crippen LogP contribution is -1.89. The Kier molecular flexibility index (Phi) is 2.75. The van der Waals surface area contributed by atoms with Crippen LogP contribution in [0.2, 0.25) is 0 Å². The van der Waals surface area contributed by atoms with Gasteiger partial charge in [0.15, 0.2) is 5.82 Å². The second kappa shape index (κ2) is 4.38. The molecule has 2 rings (SSSR count). The van der Waals surface area contributed by atoms with Crippen LogP contribution in [-0.2, 0) is 12.8 Å². The quantitative estimate of drug-likeness (QED) is 0.755. The van der Waals surface area contributed by atoms with E-state index in [1.165, 1.54) is 0 Å². The molecule has 0 unspecified atom stereocenters. The van der Waals surface area contributed by atoms with E-state index in [-0.39, 0.29) is 6.42 Å². The van der Waals surface area contributed by atoms with Crippen molar-refractivity contribution in [2.24, 2.45) is 0 Å². The van der Waals surface area contributed by atoms with Crippen LogP contribution in [0.15, 0.2) is 34.9 Å². The fraction of sp³-hybridized carbons (Fsp3) is 0.182. The fourth-order valence-electron chi connectivity index (χ4n) is 1.27. The van der Waals surface area contributed by atoms with E-state index in [1.807, 2.05) is 36.4 Å². The number of nitrogens with zero attached hydrogens (tertiary/aromatic N) is 3. The molecule has 4 nitrogen and oxygen atoms in total. The van der Waals surface area contributed by atoms with Gasteiger partial charge in [0.05, 0.1) is 18.9 Å². The number of rotatable bonds is 3. The average molecular weight is 199 g/mol. The van der Waals surface area contributed by atoms with E-state index in [9.17, 15) is 0 Å². The maximum atomic E-state index is 8.45. The van der Waals surface area contributed by atoms with Gasteiger partial charge in [-0.3, -0.25) is 0 Å². The first-order valence-electron chi connectivity index (χ1n) is 4.61. The van der Waals surface area contributed by atoms with Gasteiger partial charge in [-0.2, -0.15) is 10.2 Å². The normalized spacial score (nSPS) is 9.80. The number of nitriles is 1. The van der Waals surface area contributed by atoms with Gasteiger partial charge in [-0.1, -0.05) is 35.5 Å². The van der Waals surface area contributed by atoms with Crippen LogP contribution >= 0.6 is 0 Å². The molecule has 1 aromatic carbocycles. The number of hydrogen-bond acceptors (Lipinski definition) is 4. The molecule has 0 aliphatic rings. The third kappa shape index (κ3) is 2.41. The lowest BCUT2D eigenvalue weighted by atomic mass is 10.1. The van der Waals surface area contributed by atoms with Gasteiger partial charge >= 0.3 is 0 Å². The van der Waals surface area contributed by atoms with Gasteiger partial charge in [-0.05, 0) is 5.56 Å². The predicted molar refractivity (Wildman–Crippen MR) is 52.9 cm³/mol. The van der Waals surface area contributed by atoms with E-state index in [0.717, 1.165) is 5.56 Å². The zero-order valence-corrected chi connectivity index (χ0v) is 8.05. The highest BCUT2D eigenvalue weighted by Crippen LogP contribution is 2.07. The van der Waals surface area contributed by atoms with Crippen LogP contribution in [0, 0.1) is 11.3 Å². The molecule has 0 N–H and O–H groups in total. The van der Waals surface area contributed by atoms with Gasteiger partial charge in [0.2, 0.25) is 5.89 Å². The standard InChI is InChI=1S/C11H9N3O/c12-7-6-10-13-11(15-14-10)8-9-4-2-1-3-5-9/h1-5H,6,8H2. The molecule has 0 aliphatic heterocycles. The summed E-state index contributed by atoms with van der Waals surface area (Å²) in [4.78, 5) is 4.09. The van der Waals surface area contributed by atoms with Gasteiger partial charge in [0.25, 0.3) is 0 Å². The minimum absolute atomic E-state index is 0.193. The summed E-state index contributed by atoms with van der Waals surface area (Å²) < 4.78 is 5.01. The van der Waals surface area contributed by atoms with E-state index in [4.69, 9.17) is 9.78 Å². The Balaban J connectivity index is 2.09. The molecule has 0 saturated heterocycles. The lowest BCUT2D eigenvalue weighted by Gasteiger charge is -1.93. The molecular formula is C11H9N3O. The zero-order chi connectivity index (χ0) is 10.5. The van der Waals surface area contributed by atoms with Crippen molar-refractivity contribution in [1.29, 1.82) is 5.26 Å². The van der Waals surface area contributed by atoms with Crippen molar-refractivity contribution in [2.45, 2.75) is 12.8 Å². The summed E-state index contributed by atoms with van der Waals surface area (Å²) in [7, 11) is 0. The van der Waals surface area contributed by atoms with Crippen LogP contribution < -0.4 is 0 Å². The Labute approximate surface area is 87.2 Å². The Morgan fingerprint density at radius 1 is 1.27 bits per heavy atom. The van der Waals surface area contributed by atoms with Crippen molar-refractivity contribution in [1.82, 2.24) is 10.1 Å². The molecule has 0 bridgehead atoms. The summed E-state index contributed by atoms with van der Waals surface area (Å²) >= 11 is 0. The van der Waals surface area contributed by atoms with Crippen molar-refractivity contribution in [3.05, 3.63) is 47.6 Å². The Morgan fingerprint density at radius 3 is 2.80 bits per heavy atom. The third-order valence-corrected chi connectivity index (χ3v) is 1.95. The molecule has 0 atom stereocenters. The molecule has 2 aromatic rings. The van der Waals surface area contributed by atoms with E-state index >= 15 is 0 Å². The van der Waals surface area contributed by atoms with Gasteiger partial charge in [0, 0.05) is 0 Å². The molecular weight excluding hydrogens is 190 g/mol. The first-order valence-corrected chi connectivity index (χ1v) is 4.61. The molecule has 74 valence electrons. The predicted octanol–water partition coefficient (Wildman–Crippen LogP) is 1.73. The molecule has 0 fully saturated rings. The highest BCUT2D eigenvalue weighted by atomic mass is 16.5. The van der Waals surface area contributed by atoms with Crippen molar-refractivity contribution >= 4 is 0 Å². The molecule has 0 spiro atoms. The molecule has 0 aliphatic carbocycles. The van der Waals surface area contributed by atoms with E-state index < -0.39 is 0 Å². The second-order valence-electron chi connectivity index (χ2n) is 3.10. The summed E-state index contributed by atoms with van der Waals surface area (Å²) in [6.45, 7) is 0.